The first-order valence-corrected chi connectivity index (χ1v) is 5.89. The molecule has 0 aliphatic heterocycles. The van der Waals surface area contributed by atoms with Crippen LogP contribution in [0.4, 0.5) is 0 Å². The van der Waals surface area contributed by atoms with E-state index >= 15 is 0 Å². The first-order chi connectivity index (χ1) is 5.38. The second kappa shape index (κ2) is 4.45. The molecular weight excluding hydrogens is 152 g/mol. The van der Waals surface area contributed by atoms with E-state index in [0.717, 1.165) is 0 Å². The van der Waals surface area contributed by atoms with Crippen LogP contribution in [-0.4, -0.2) is 11.5 Å². The Morgan fingerprint density at radius 1 is 1.00 bits per heavy atom. The first kappa shape index (κ1) is 8.66. The molecule has 0 saturated heterocycles. The number of rotatable bonds is 3. The van der Waals surface area contributed by atoms with Gasteiger partial charge in [0, 0.05) is 0 Å². The summed E-state index contributed by atoms with van der Waals surface area (Å²) in [6.07, 6.45) is 0. The molecule has 0 unspecified atom stereocenters. The zero-order valence-electron chi connectivity index (χ0n) is 7.25. The second-order valence-corrected chi connectivity index (χ2v) is 5.37. The van der Waals surface area contributed by atoms with Gasteiger partial charge in [0.1, 0.15) is 0 Å². The van der Waals surface area contributed by atoms with Gasteiger partial charge in [0.15, 0.2) is 0 Å². The third-order valence-electron chi connectivity index (χ3n) is 1.88. The predicted octanol–water partition coefficient (Wildman–Crippen LogP) is 3.09. The van der Waals surface area contributed by atoms with Gasteiger partial charge in [-0.3, -0.25) is 0 Å². The van der Waals surface area contributed by atoms with Crippen molar-refractivity contribution < 1.29 is 0 Å². The largest absolute Gasteiger partial charge is 0.227 e. The van der Waals surface area contributed by atoms with Crippen molar-refractivity contribution >= 4 is 10.9 Å². The molecule has 0 N–H and O–H groups in total. The molecule has 0 nitrogen and oxygen atoms in total. The molecule has 0 aliphatic rings. The van der Waals surface area contributed by atoms with Crippen molar-refractivity contribution in [2.24, 2.45) is 0 Å². The zero-order chi connectivity index (χ0) is 8.10. The lowest BCUT2D eigenvalue weighted by molar-refractivity contribution is 1.36. The van der Waals surface area contributed by atoms with Crippen LogP contribution in [0.1, 0.15) is 13.8 Å². The topological polar surface area (TPSA) is 0 Å². The van der Waals surface area contributed by atoms with Crippen LogP contribution in [0.15, 0.2) is 35.2 Å². The van der Waals surface area contributed by atoms with Gasteiger partial charge < -0.3 is 0 Å². The van der Waals surface area contributed by atoms with Crippen molar-refractivity contribution in [2.75, 3.05) is 11.5 Å². The van der Waals surface area contributed by atoms with E-state index in [0.29, 0.717) is 0 Å². The maximum Gasteiger partial charge on any atom is -0.0125 e. The van der Waals surface area contributed by atoms with E-state index in [9.17, 15) is 0 Å². The Hall–Kier alpha value is -0.430. The summed E-state index contributed by atoms with van der Waals surface area (Å²) in [7, 11) is 0.149. The van der Waals surface area contributed by atoms with Crippen LogP contribution in [0.3, 0.4) is 0 Å². The highest BCUT2D eigenvalue weighted by Gasteiger charge is 1.98. The van der Waals surface area contributed by atoms with Crippen LogP contribution in [0.5, 0.6) is 0 Å². The van der Waals surface area contributed by atoms with Gasteiger partial charge in [0.2, 0.25) is 0 Å². The lowest BCUT2D eigenvalue weighted by Gasteiger charge is -2.17. The highest BCUT2D eigenvalue weighted by molar-refractivity contribution is 8.17. The summed E-state index contributed by atoms with van der Waals surface area (Å²) in [5.74, 6) is 2.63. The number of thiol groups is 1. The standard InChI is InChI=1S/C10H16S/c1-3-11(4-2)10-8-6-5-7-9-10/h5-9,11H,3-4H2,1-2H3. The Bertz CT molecular complexity index is 189. The molecule has 0 atom stereocenters. The summed E-state index contributed by atoms with van der Waals surface area (Å²) in [5, 5.41) is 0. The molecular formula is C10H16S. The molecule has 0 aliphatic carbocycles. The Morgan fingerprint density at radius 2 is 1.55 bits per heavy atom. The van der Waals surface area contributed by atoms with Crippen molar-refractivity contribution in [1.29, 1.82) is 0 Å². The van der Waals surface area contributed by atoms with Crippen molar-refractivity contribution in [1.82, 2.24) is 0 Å². The van der Waals surface area contributed by atoms with Gasteiger partial charge in [0.25, 0.3) is 0 Å². The zero-order valence-corrected chi connectivity index (χ0v) is 8.14. The van der Waals surface area contributed by atoms with E-state index in [1.54, 1.807) is 4.90 Å². The molecule has 0 spiro atoms. The highest BCUT2D eigenvalue weighted by atomic mass is 32.2. The van der Waals surface area contributed by atoms with Crippen LogP contribution in [0.25, 0.3) is 0 Å². The molecule has 1 aromatic carbocycles. The first-order valence-electron chi connectivity index (χ1n) is 4.18. The summed E-state index contributed by atoms with van der Waals surface area (Å²) in [6.45, 7) is 4.56. The second-order valence-electron chi connectivity index (χ2n) is 2.51. The molecule has 1 rings (SSSR count). The average Bonchev–Trinajstić information content (AvgIpc) is 2.09. The van der Waals surface area contributed by atoms with Crippen molar-refractivity contribution in [2.45, 2.75) is 18.7 Å². The normalized spacial score (nSPS) is 11.3. The average molecular weight is 168 g/mol. The van der Waals surface area contributed by atoms with Crippen molar-refractivity contribution in [3.63, 3.8) is 0 Å². The third kappa shape index (κ3) is 2.26. The van der Waals surface area contributed by atoms with Crippen LogP contribution in [0, 0.1) is 0 Å². The van der Waals surface area contributed by atoms with Gasteiger partial charge in [-0.25, -0.2) is 10.9 Å². The van der Waals surface area contributed by atoms with Crippen LogP contribution >= 0.6 is 10.9 Å². The predicted molar refractivity (Wildman–Crippen MR) is 54.8 cm³/mol. The van der Waals surface area contributed by atoms with Crippen molar-refractivity contribution in [3.8, 4) is 0 Å². The fourth-order valence-electron chi connectivity index (χ4n) is 1.23. The van der Waals surface area contributed by atoms with Crippen LogP contribution < -0.4 is 0 Å². The van der Waals surface area contributed by atoms with E-state index in [1.807, 2.05) is 0 Å². The van der Waals surface area contributed by atoms with Gasteiger partial charge in [-0.2, -0.15) is 0 Å². The minimum Gasteiger partial charge on any atom is -0.227 e. The Labute approximate surface area is 72.0 Å². The fourth-order valence-corrected chi connectivity index (χ4v) is 3.00. The number of hydrogen-bond acceptors (Lipinski definition) is 0. The van der Waals surface area contributed by atoms with Gasteiger partial charge in [-0.15, -0.1) is 0 Å². The molecule has 0 saturated carbocycles. The van der Waals surface area contributed by atoms with E-state index < -0.39 is 0 Å². The van der Waals surface area contributed by atoms with E-state index in [2.05, 4.69) is 44.2 Å². The summed E-state index contributed by atoms with van der Waals surface area (Å²) in [5.41, 5.74) is 0. The molecule has 1 aromatic rings. The Balaban J connectivity index is 2.74. The van der Waals surface area contributed by atoms with Crippen molar-refractivity contribution in [3.05, 3.63) is 30.3 Å². The maximum absolute atomic E-state index is 2.28. The van der Waals surface area contributed by atoms with E-state index in [-0.39, 0.29) is 10.9 Å². The minimum atomic E-state index is 0.149. The Kier molecular flexibility index (Phi) is 3.50. The van der Waals surface area contributed by atoms with Crippen LogP contribution in [-0.2, 0) is 0 Å². The van der Waals surface area contributed by atoms with Gasteiger partial charge in [0.05, 0.1) is 0 Å². The van der Waals surface area contributed by atoms with E-state index in [4.69, 9.17) is 0 Å². The summed E-state index contributed by atoms with van der Waals surface area (Å²) in [6, 6.07) is 10.9. The molecule has 0 heterocycles. The quantitative estimate of drug-likeness (QED) is 0.659. The fraction of sp³-hybridized carbons (Fsp3) is 0.400. The molecule has 0 radical (unpaired) electrons. The molecule has 0 amide bonds. The highest BCUT2D eigenvalue weighted by Crippen LogP contribution is 2.34. The number of hydrogen-bond donors (Lipinski definition) is 1. The van der Waals surface area contributed by atoms with E-state index in [1.165, 1.54) is 11.5 Å². The summed E-state index contributed by atoms with van der Waals surface area (Å²) < 4.78 is 0. The summed E-state index contributed by atoms with van der Waals surface area (Å²) in [4.78, 5) is 1.55. The molecule has 1 heteroatoms. The molecule has 0 fully saturated rings. The molecule has 0 bridgehead atoms. The number of benzene rings is 1. The Morgan fingerprint density at radius 3 is 2.00 bits per heavy atom. The summed E-state index contributed by atoms with van der Waals surface area (Å²) >= 11 is 0. The lowest BCUT2D eigenvalue weighted by atomic mass is 10.4. The van der Waals surface area contributed by atoms with Gasteiger partial charge in [-0.1, -0.05) is 44.2 Å². The molecule has 11 heavy (non-hydrogen) atoms. The maximum atomic E-state index is 2.28. The third-order valence-corrected chi connectivity index (χ3v) is 4.44. The van der Waals surface area contributed by atoms with Gasteiger partial charge in [-0.05, 0) is 16.4 Å². The van der Waals surface area contributed by atoms with Gasteiger partial charge >= 0.3 is 0 Å². The minimum absolute atomic E-state index is 0.149. The lowest BCUT2D eigenvalue weighted by Crippen LogP contribution is -1.88. The molecule has 62 valence electrons. The smallest absolute Gasteiger partial charge is 0.0125 e. The molecule has 0 aromatic heterocycles. The SMILES string of the molecule is CC[SH](CC)c1ccccc1. The monoisotopic (exact) mass is 168 g/mol. The van der Waals surface area contributed by atoms with Crippen LogP contribution in [0.2, 0.25) is 0 Å².